The second-order valence-corrected chi connectivity index (χ2v) is 5.38. The Bertz CT molecular complexity index is 626. The molecule has 0 aliphatic heterocycles. The van der Waals surface area contributed by atoms with Gasteiger partial charge in [-0.3, -0.25) is 4.79 Å². The van der Waals surface area contributed by atoms with Gasteiger partial charge in [0.2, 0.25) is 0 Å². The van der Waals surface area contributed by atoms with Crippen molar-refractivity contribution in [2.24, 2.45) is 0 Å². The Morgan fingerprint density at radius 1 is 1.27 bits per heavy atom. The summed E-state index contributed by atoms with van der Waals surface area (Å²) >= 11 is 5.80. The predicted octanol–water partition coefficient (Wildman–Crippen LogP) is 3.09. The number of amides is 1. The first-order valence-electron chi connectivity index (χ1n) is 6.96. The summed E-state index contributed by atoms with van der Waals surface area (Å²) < 4.78 is 5.42. The average molecular weight is 320 g/mol. The quantitative estimate of drug-likeness (QED) is 0.860. The first-order chi connectivity index (χ1) is 10.5. The molecule has 4 nitrogen and oxygen atoms in total. The lowest BCUT2D eigenvalue weighted by atomic mass is 10.1. The van der Waals surface area contributed by atoms with Crippen molar-refractivity contribution in [3.05, 3.63) is 64.7 Å². The second kappa shape index (κ2) is 7.82. The van der Waals surface area contributed by atoms with Crippen molar-refractivity contribution >= 4 is 17.5 Å². The Labute approximate surface area is 134 Å². The molecule has 2 rings (SSSR count). The highest BCUT2D eigenvalue weighted by atomic mass is 35.5. The van der Waals surface area contributed by atoms with Crippen LogP contribution in [0.1, 0.15) is 24.2 Å². The summed E-state index contributed by atoms with van der Waals surface area (Å²) in [5.74, 6) is 0.345. The Morgan fingerprint density at radius 3 is 2.68 bits per heavy atom. The molecule has 0 aliphatic rings. The molecule has 0 heterocycles. The monoisotopic (exact) mass is 319 g/mol. The minimum atomic E-state index is -0.567. The molecule has 0 fully saturated rings. The van der Waals surface area contributed by atoms with Crippen LogP contribution in [0.25, 0.3) is 0 Å². The number of ether oxygens (including phenoxy) is 1. The lowest BCUT2D eigenvalue weighted by Gasteiger charge is -2.10. The third-order valence-electron chi connectivity index (χ3n) is 3.11. The van der Waals surface area contributed by atoms with Gasteiger partial charge >= 0.3 is 0 Å². The van der Waals surface area contributed by atoms with Gasteiger partial charge in [-0.1, -0.05) is 35.9 Å². The van der Waals surface area contributed by atoms with Gasteiger partial charge in [-0.15, -0.1) is 0 Å². The summed E-state index contributed by atoms with van der Waals surface area (Å²) in [6, 6.07) is 14.3. The van der Waals surface area contributed by atoms with E-state index in [9.17, 15) is 9.90 Å². The van der Waals surface area contributed by atoms with Crippen LogP contribution in [0, 0.1) is 0 Å². The van der Waals surface area contributed by atoms with Crippen molar-refractivity contribution in [2.75, 3.05) is 6.61 Å². The summed E-state index contributed by atoms with van der Waals surface area (Å²) in [4.78, 5) is 11.8. The highest BCUT2D eigenvalue weighted by molar-refractivity contribution is 6.30. The minimum absolute atomic E-state index is 0.0726. The fourth-order valence-electron chi connectivity index (χ4n) is 1.87. The Morgan fingerprint density at radius 2 is 2.00 bits per heavy atom. The molecule has 2 aromatic carbocycles. The summed E-state index contributed by atoms with van der Waals surface area (Å²) in [5.41, 5.74) is 1.72. The van der Waals surface area contributed by atoms with Crippen LogP contribution in [-0.2, 0) is 11.3 Å². The molecule has 2 N–H and O–H groups in total. The van der Waals surface area contributed by atoms with Crippen molar-refractivity contribution in [1.29, 1.82) is 0 Å². The van der Waals surface area contributed by atoms with Crippen LogP contribution in [-0.4, -0.2) is 17.6 Å². The number of hydrogen-bond donors (Lipinski definition) is 2. The van der Waals surface area contributed by atoms with E-state index in [1.165, 1.54) is 0 Å². The van der Waals surface area contributed by atoms with E-state index in [-0.39, 0.29) is 12.5 Å². The molecule has 0 aliphatic carbocycles. The molecule has 22 heavy (non-hydrogen) atoms. The van der Waals surface area contributed by atoms with Crippen LogP contribution in [0.4, 0.5) is 0 Å². The van der Waals surface area contributed by atoms with E-state index in [2.05, 4.69) is 5.32 Å². The summed E-state index contributed by atoms with van der Waals surface area (Å²) in [6.07, 6.45) is -0.567. The number of aliphatic hydroxyl groups excluding tert-OH is 1. The molecule has 5 heteroatoms. The average Bonchev–Trinajstić information content (AvgIpc) is 2.52. The smallest absolute Gasteiger partial charge is 0.258 e. The van der Waals surface area contributed by atoms with Crippen LogP contribution < -0.4 is 10.1 Å². The maximum Gasteiger partial charge on any atom is 0.258 e. The third-order valence-corrected chi connectivity index (χ3v) is 3.37. The molecule has 116 valence electrons. The van der Waals surface area contributed by atoms with Gasteiger partial charge in [0.05, 0.1) is 6.10 Å². The van der Waals surface area contributed by atoms with Crippen LogP contribution >= 0.6 is 11.6 Å². The zero-order chi connectivity index (χ0) is 15.9. The van der Waals surface area contributed by atoms with Crippen molar-refractivity contribution in [2.45, 2.75) is 19.6 Å². The lowest BCUT2D eigenvalue weighted by Crippen LogP contribution is -2.28. The molecule has 0 radical (unpaired) electrons. The number of halogens is 1. The number of benzene rings is 2. The number of carbonyl (C=O) groups excluding carboxylic acids is 1. The molecule has 0 saturated heterocycles. The molecule has 1 atom stereocenters. The molecule has 0 aromatic heterocycles. The first-order valence-corrected chi connectivity index (χ1v) is 7.34. The van der Waals surface area contributed by atoms with Gasteiger partial charge < -0.3 is 15.2 Å². The zero-order valence-electron chi connectivity index (χ0n) is 12.3. The number of hydrogen-bond acceptors (Lipinski definition) is 3. The van der Waals surface area contributed by atoms with Gasteiger partial charge in [0.25, 0.3) is 5.91 Å². The summed E-state index contributed by atoms with van der Waals surface area (Å²) in [6.45, 7) is 2.03. The van der Waals surface area contributed by atoms with E-state index in [0.29, 0.717) is 17.3 Å². The lowest BCUT2D eigenvalue weighted by molar-refractivity contribution is -0.123. The summed E-state index contributed by atoms with van der Waals surface area (Å²) in [5, 5.41) is 12.9. The molecule has 0 saturated carbocycles. The van der Waals surface area contributed by atoms with Crippen molar-refractivity contribution < 1.29 is 14.6 Å². The van der Waals surface area contributed by atoms with Crippen molar-refractivity contribution in [3.8, 4) is 5.75 Å². The SMILES string of the molecule is CC(O)c1cccc(OCC(=O)NCc2ccc(Cl)cc2)c1. The van der Waals surface area contributed by atoms with Gasteiger partial charge in [-0.25, -0.2) is 0 Å². The number of nitrogens with one attached hydrogen (secondary N) is 1. The van der Waals surface area contributed by atoms with E-state index < -0.39 is 6.10 Å². The largest absolute Gasteiger partial charge is 0.484 e. The molecule has 0 spiro atoms. The fourth-order valence-corrected chi connectivity index (χ4v) is 1.99. The Hall–Kier alpha value is -2.04. The molecular formula is C17H18ClNO3. The highest BCUT2D eigenvalue weighted by Gasteiger charge is 2.05. The van der Waals surface area contributed by atoms with E-state index in [0.717, 1.165) is 11.1 Å². The predicted molar refractivity (Wildman–Crippen MR) is 85.9 cm³/mol. The normalized spacial score (nSPS) is 11.8. The van der Waals surface area contributed by atoms with E-state index in [4.69, 9.17) is 16.3 Å². The van der Waals surface area contributed by atoms with Crippen LogP contribution in [0.15, 0.2) is 48.5 Å². The minimum Gasteiger partial charge on any atom is -0.484 e. The standard InChI is InChI=1S/C17H18ClNO3/c1-12(20)14-3-2-4-16(9-14)22-11-17(21)19-10-13-5-7-15(18)8-6-13/h2-9,12,20H,10-11H2,1H3,(H,19,21). The van der Waals surface area contributed by atoms with Crippen LogP contribution in [0.5, 0.6) is 5.75 Å². The van der Waals surface area contributed by atoms with Crippen LogP contribution in [0.2, 0.25) is 5.02 Å². The number of rotatable bonds is 6. The summed E-state index contributed by atoms with van der Waals surface area (Å²) in [7, 11) is 0. The first kappa shape index (κ1) is 16.3. The van der Waals surface area contributed by atoms with Gasteiger partial charge in [-0.05, 0) is 42.3 Å². The van der Waals surface area contributed by atoms with E-state index in [1.807, 2.05) is 12.1 Å². The molecule has 0 bridgehead atoms. The molecule has 1 amide bonds. The Kier molecular flexibility index (Phi) is 5.81. The van der Waals surface area contributed by atoms with E-state index in [1.54, 1.807) is 43.3 Å². The molecule has 2 aromatic rings. The number of carbonyl (C=O) groups is 1. The molecular weight excluding hydrogens is 302 g/mol. The number of aliphatic hydroxyl groups is 1. The van der Waals surface area contributed by atoms with Gasteiger partial charge in [0, 0.05) is 11.6 Å². The maximum absolute atomic E-state index is 11.8. The molecule has 1 unspecified atom stereocenters. The van der Waals surface area contributed by atoms with Crippen LogP contribution in [0.3, 0.4) is 0 Å². The third kappa shape index (κ3) is 5.06. The Balaban J connectivity index is 1.80. The van der Waals surface area contributed by atoms with Crippen molar-refractivity contribution in [1.82, 2.24) is 5.32 Å². The topological polar surface area (TPSA) is 58.6 Å². The highest BCUT2D eigenvalue weighted by Crippen LogP contribution is 2.18. The van der Waals surface area contributed by atoms with Crippen molar-refractivity contribution in [3.63, 3.8) is 0 Å². The maximum atomic E-state index is 11.8. The fraction of sp³-hybridized carbons (Fsp3) is 0.235. The van der Waals surface area contributed by atoms with Gasteiger partial charge in [0.1, 0.15) is 5.75 Å². The second-order valence-electron chi connectivity index (χ2n) is 4.94. The zero-order valence-corrected chi connectivity index (χ0v) is 13.0. The van der Waals surface area contributed by atoms with E-state index >= 15 is 0 Å². The van der Waals surface area contributed by atoms with Gasteiger partial charge in [-0.2, -0.15) is 0 Å². The van der Waals surface area contributed by atoms with Gasteiger partial charge in [0.15, 0.2) is 6.61 Å².